The SMILES string of the molecule is CNC(=O)O[C@H](C(=O)NN(Cc1c(F)cc(-c2ccn(C(F)F)n2)cc1F)C[C@H](O)[C@H](Cc1ccc(C#Cc2ccc(N3C[C@@H]4C[C@@H](C3)N4C3COC3)nc2)cc1)NC(=O)[C@@H](NC(=O)OC)C(C)(C)C(F)(F)F)C(C)(C)C. The first-order chi connectivity index (χ1) is 36.3. The number of fused-ring (bicyclic) bond motifs is 2. The van der Waals surface area contributed by atoms with Crippen molar-refractivity contribution in [3.63, 3.8) is 0 Å². The molecule has 6 heterocycles. The van der Waals surface area contributed by atoms with E-state index >= 15 is 8.78 Å². The molecule has 0 unspecified atom stereocenters. The number of nitrogens with zero attached hydrogens (tertiary/aromatic N) is 6. The topological polar surface area (TPSA) is 205 Å². The summed E-state index contributed by atoms with van der Waals surface area (Å²) in [6.07, 6.45) is -7.59. The molecule has 4 aliphatic heterocycles. The van der Waals surface area contributed by atoms with Crippen LogP contribution >= 0.6 is 0 Å². The number of methoxy groups -OCH3 is 1. The summed E-state index contributed by atoms with van der Waals surface area (Å²) in [6.45, 7) is 4.49. The van der Waals surface area contributed by atoms with Gasteiger partial charge in [-0.3, -0.25) is 19.9 Å². The molecular weight excluding hydrogens is 1030 g/mol. The Labute approximate surface area is 439 Å². The summed E-state index contributed by atoms with van der Waals surface area (Å²) in [5.41, 5.74) is -1.24. The fourth-order valence-electron chi connectivity index (χ4n) is 9.25. The van der Waals surface area contributed by atoms with E-state index in [0.717, 1.165) is 75.1 Å². The number of piperazine rings is 1. The molecule has 5 N–H and O–H groups in total. The van der Waals surface area contributed by atoms with Gasteiger partial charge in [-0.15, -0.1) is 0 Å². The Bertz CT molecular complexity index is 2780. The summed E-state index contributed by atoms with van der Waals surface area (Å²) in [7, 11) is 2.11. The number of aliphatic hydroxyl groups excluding tert-OH is 1. The molecule has 2 bridgehead atoms. The molecule has 4 fully saturated rings. The number of anilines is 1. The lowest BCUT2D eigenvalue weighted by atomic mass is 9.82. The van der Waals surface area contributed by atoms with E-state index in [1.54, 1.807) is 51.2 Å². The standard InChI is InChI=1S/C52H61F7N10O8/c1-50(2,3)44(77-48(73)60-6)46(72)65-67(25-36-37(53)19-32(20-38(36)54)39-16-17-68(64-39)47(55)56)26-41(70)40(62-45(71)43(63-49(74)75-7)51(4,5)52(57,58)59)18-30-11-8-29(9-12-30)10-13-31-14-15-42(61-22-31)66-23-33-21-34(24-66)69(33)35-27-76-28-35/h8-9,11-12,14-17,19-20,22,33-35,40-41,43-44,47,70H,18,21,23-28H2,1-7H3,(H,60,73)(H,62,71)(H,63,74)(H,65,72)/t33-,34-,40-,41-,43+,44+/m0/s1. The number of amides is 4. The number of carbonyl (C=O) groups is 4. The van der Waals surface area contributed by atoms with Gasteiger partial charge < -0.3 is 40.2 Å². The quantitative estimate of drug-likeness (QED) is 0.0463. The van der Waals surface area contributed by atoms with E-state index in [-0.39, 0.29) is 22.4 Å². The number of rotatable bonds is 18. The Morgan fingerprint density at radius 1 is 0.883 bits per heavy atom. The van der Waals surface area contributed by atoms with E-state index in [9.17, 15) is 46.2 Å². The van der Waals surface area contributed by atoms with E-state index in [0.29, 0.717) is 48.7 Å². The van der Waals surface area contributed by atoms with Gasteiger partial charge in [0.2, 0.25) is 5.91 Å². The lowest BCUT2D eigenvalue weighted by Gasteiger charge is -2.60. The number of benzene rings is 2. The van der Waals surface area contributed by atoms with Gasteiger partial charge in [-0.05, 0) is 74.7 Å². The van der Waals surface area contributed by atoms with Crippen LogP contribution in [0.2, 0.25) is 0 Å². The third-order valence-electron chi connectivity index (χ3n) is 13.8. The zero-order chi connectivity index (χ0) is 56.1. The second kappa shape index (κ2) is 23.7. The minimum absolute atomic E-state index is 0.208. The molecule has 77 heavy (non-hydrogen) atoms. The minimum atomic E-state index is -5.09. The number of hydrazine groups is 1. The number of aromatic nitrogens is 3. The summed E-state index contributed by atoms with van der Waals surface area (Å²) >= 11 is 0. The van der Waals surface area contributed by atoms with Gasteiger partial charge in [-0.1, -0.05) is 44.7 Å². The highest BCUT2D eigenvalue weighted by Crippen LogP contribution is 2.41. The third-order valence-corrected chi connectivity index (χ3v) is 13.8. The Morgan fingerprint density at radius 2 is 1.52 bits per heavy atom. The molecular formula is C52H61F7N10O8. The van der Waals surface area contributed by atoms with E-state index in [1.165, 1.54) is 7.05 Å². The van der Waals surface area contributed by atoms with Gasteiger partial charge in [0.1, 0.15) is 23.5 Å². The van der Waals surface area contributed by atoms with E-state index < -0.39 is 102 Å². The fraction of sp³-hybridized carbons (Fsp3) is 0.500. The first kappa shape index (κ1) is 57.7. The highest BCUT2D eigenvalue weighted by molar-refractivity contribution is 5.87. The number of halogens is 7. The normalized spacial score (nSPS) is 18.4. The molecule has 25 heteroatoms. The van der Waals surface area contributed by atoms with Crippen LogP contribution in [0, 0.1) is 34.3 Å². The molecule has 416 valence electrons. The van der Waals surface area contributed by atoms with Crippen molar-refractivity contribution in [3.05, 3.63) is 101 Å². The number of aliphatic hydroxyl groups is 1. The average Bonchev–Trinajstić information content (AvgIpc) is 3.87. The van der Waals surface area contributed by atoms with Gasteiger partial charge in [0.25, 0.3) is 5.91 Å². The van der Waals surface area contributed by atoms with Crippen LogP contribution in [0.5, 0.6) is 0 Å². The summed E-state index contributed by atoms with van der Waals surface area (Å²) in [5, 5.41) is 23.1. The zero-order valence-corrected chi connectivity index (χ0v) is 43.3. The van der Waals surface area contributed by atoms with Crippen molar-refractivity contribution in [1.29, 1.82) is 0 Å². The summed E-state index contributed by atoms with van der Waals surface area (Å²) in [5.74, 6) is 2.02. The predicted molar refractivity (Wildman–Crippen MR) is 264 cm³/mol. The van der Waals surface area contributed by atoms with Crippen LogP contribution in [0.4, 0.5) is 46.1 Å². The van der Waals surface area contributed by atoms with Gasteiger partial charge in [-0.25, -0.2) is 33.0 Å². The second-order valence-electron chi connectivity index (χ2n) is 20.7. The third kappa shape index (κ3) is 13.8. The summed E-state index contributed by atoms with van der Waals surface area (Å²) in [4.78, 5) is 62.4. The zero-order valence-electron chi connectivity index (χ0n) is 43.3. The Balaban J connectivity index is 1.16. The van der Waals surface area contributed by atoms with Gasteiger partial charge in [0.15, 0.2) is 6.10 Å². The van der Waals surface area contributed by atoms with Gasteiger partial charge in [0, 0.05) is 85.4 Å². The van der Waals surface area contributed by atoms with Crippen LogP contribution in [-0.4, -0.2) is 149 Å². The van der Waals surface area contributed by atoms with Crippen molar-refractivity contribution in [2.45, 2.75) is 109 Å². The van der Waals surface area contributed by atoms with Crippen molar-refractivity contribution in [2.24, 2.45) is 10.8 Å². The molecule has 0 radical (unpaired) electrons. The molecule has 18 nitrogen and oxygen atoms in total. The number of pyridine rings is 1. The molecule has 8 rings (SSSR count). The molecule has 2 aromatic carbocycles. The highest BCUT2D eigenvalue weighted by atomic mass is 19.4. The molecule has 4 amide bonds. The lowest BCUT2D eigenvalue weighted by Crippen LogP contribution is -2.74. The van der Waals surface area contributed by atoms with Crippen LogP contribution in [0.15, 0.2) is 67.0 Å². The van der Waals surface area contributed by atoms with Crippen LogP contribution < -0.4 is 26.3 Å². The predicted octanol–water partition coefficient (Wildman–Crippen LogP) is 5.69. The van der Waals surface area contributed by atoms with Crippen LogP contribution in [0.3, 0.4) is 0 Å². The summed E-state index contributed by atoms with van der Waals surface area (Å²) in [6, 6.07) is 10.4. The molecule has 4 aliphatic rings. The monoisotopic (exact) mass is 1090 g/mol. The highest BCUT2D eigenvalue weighted by Gasteiger charge is 2.56. The first-order valence-corrected chi connectivity index (χ1v) is 24.6. The lowest BCUT2D eigenvalue weighted by molar-refractivity contribution is -0.220. The summed E-state index contributed by atoms with van der Waals surface area (Å²) < 4.78 is 118. The number of nitrogens with one attached hydrogen (secondary N) is 4. The van der Waals surface area contributed by atoms with Crippen molar-refractivity contribution in [3.8, 4) is 23.1 Å². The van der Waals surface area contributed by atoms with Crippen LogP contribution in [-0.2, 0) is 36.8 Å². The van der Waals surface area contributed by atoms with Crippen molar-refractivity contribution in [2.75, 3.05) is 51.9 Å². The maximum Gasteiger partial charge on any atom is 0.407 e. The average molecular weight is 1090 g/mol. The van der Waals surface area contributed by atoms with E-state index in [1.807, 2.05) is 17.4 Å². The Kier molecular flexibility index (Phi) is 17.8. The van der Waals surface area contributed by atoms with Crippen molar-refractivity contribution < 1.29 is 69.2 Å². The molecule has 0 aliphatic carbocycles. The number of alkyl carbamates (subject to hydrolysis) is 2. The fourth-order valence-corrected chi connectivity index (χ4v) is 9.25. The van der Waals surface area contributed by atoms with Gasteiger partial charge in [-0.2, -0.15) is 27.1 Å². The molecule has 2 aromatic heterocycles. The maximum atomic E-state index is 16.0. The van der Waals surface area contributed by atoms with Crippen LogP contribution in [0.1, 0.15) is 69.8 Å². The number of hydrogen-bond acceptors (Lipinski definition) is 13. The van der Waals surface area contributed by atoms with E-state index in [2.05, 4.69) is 52.5 Å². The van der Waals surface area contributed by atoms with Gasteiger partial charge in [0.05, 0.1) is 49.6 Å². The second-order valence-corrected chi connectivity index (χ2v) is 20.7. The smallest absolute Gasteiger partial charge is 0.407 e. The van der Waals surface area contributed by atoms with Crippen LogP contribution in [0.25, 0.3) is 11.3 Å². The molecule has 0 saturated carbocycles. The number of carbonyl (C=O) groups excluding carboxylic acids is 4. The molecule has 4 aromatic rings. The molecule has 0 spiro atoms. The van der Waals surface area contributed by atoms with Crippen molar-refractivity contribution >= 4 is 29.8 Å². The van der Waals surface area contributed by atoms with E-state index in [4.69, 9.17) is 9.47 Å². The Hall–Kier alpha value is -7.01. The maximum absolute atomic E-state index is 16.0. The van der Waals surface area contributed by atoms with Gasteiger partial charge >= 0.3 is 24.9 Å². The van der Waals surface area contributed by atoms with Crippen molar-refractivity contribution in [1.82, 2.24) is 46.0 Å². The Morgan fingerprint density at radius 3 is 2.05 bits per heavy atom. The largest absolute Gasteiger partial charge is 0.453 e. The first-order valence-electron chi connectivity index (χ1n) is 24.6. The number of alkyl halides is 5. The molecule has 4 saturated heterocycles. The molecule has 6 atom stereocenters. The number of piperidine rings is 1. The number of hydrogen-bond donors (Lipinski definition) is 5. The minimum Gasteiger partial charge on any atom is -0.453 e. The number of ether oxygens (including phenoxy) is 3.